The normalized spacial score (nSPS) is 16.3. The Labute approximate surface area is 196 Å². The van der Waals surface area contributed by atoms with E-state index in [4.69, 9.17) is 11.6 Å². The first-order valence-corrected chi connectivity index (χ1v) is 12.4. The van der Waals surface area contributed by atoms with Gasteiger partial charge in [0, 0.05) is 13.1 Å². The van der Waals surface area contributed by atoms with Gasteiger partial charge < -0.3 is 10.0 Å². The van der Waals surface area contributed by atoms with E-state index < -0.39 is 27.7 Å². The summed E-state index contributed by atoms with van der Waals surface area (Å²) in [4.78, 5) is 13.2. The minimum absolute atomic E-state index is 0.0998. The quantitative estimate of drug-likeness (QED) is 0.500. The first kappa shape index (κ1) is 23.3. The molecule has 1 atom stereocenters. The van der Waals surface area contributed by atoms with E-state index in [2.05, 4.69) is 5.10 Å². The zero-order valence-corrected chi connectivity index (χ0v) is 19.5. The van der Waals surface area contributed by atoms with Crippen molar-refractivity contribution in [1.29, 1.82) is 0 Å². The minimum Gasteiger partial charge on any atom is -0.480 e. The van der Waals surface area contributed by atoms with E-state index in [9.17, 15) is 22.7 Å². The zero-order chi connectivity index (χ0) is 23.8. The van der Waals surface area contributed by atoms with Crippen LogP contribution in [0.2, 0.25) is 5.02 Å². The Bertz CT molecular complexity index is 1290. The number of hydrogen-bond acceptors (Lipinski definition) is 5. The largest absolute Gasteiger partial charge is 0.480 e. The molecule has 0 aliphatic carbocycles. The number of anilines is 1. The number of hydrogen-bond donors (Lipinski definition) is 1. The van der Waals surface area contributed by atoms with Crippen molar-refractivity contribution in [2.45, 2.75) is 48.6 Å². The molecular formula is C23H23ClFN3O4S. The number of carbonyl (C=O) groups is 1. The molecule has 2 heterocycles. The van der Waals surface area contributed by atoms with Crippen LogP contribution >= 0.6 is 11.6 Å². The van der Waals surface area contributed by atoms with Crippen LogP contribution in [0.5, 0.6) is 0 Å². The molecule has 0 bridgehead atoms. The molecule has 174 valence electrons. The third-order valence-corrected chi connectivity index (χ3v) is 8.14. The Hall–Kier alpha value is -2.91. The standard InChI is InChI=1S/C23H23ClFN3O4S/c1-15-21(33(31,32)20-10-9-17(25)14-18(20)24)22(27-12-5-8-19(27)23(29)30)28(26-15)13-11-16-6-3-2-4-7-16/h2-4,6-7,9-10,14,19H,5,8,11-13H2,1H3,(H,29,30). The number of halogens is 2. The highest BCUT2D eigenvalue weighted by atomic mass is 35.5. The summed E-state index contributed by atoms with van der Waals surface area (Å²) in [5.74, 6) is -1.45. The van der Waals surface area contributed by atoms with Crippen molar-refractivity contribution in [3.05, 3.63) is 70.6 Å². The Morgan fingerprint density at radius 2 is 1.97 bits per heavy atom. The summed E-state index contributed by atoms with van der Waals surface area (Å²) in [7, 11) is -4.21. The van der Waals surface area contributed by atoms with Crippen LogP contribution < -0.4 is 4.90 Å². The predicted octanol–water partition coefficient (Wildman–Crippen LogP) is 4.11. The molecule has 3 aromatic rings. The molecule has 1 aliphatic rings. The van der Waals surface area contributed by atoms with Gasteiger partial charge in [0.1, 0.15) is 22.6 Å². The van der Waals surface area contributed by atoms with E-state index in [0.29, 0.717) is 32.4 Å². The Morgan fingerprint density at radius 3 is 2.64 bits per heavy atom. The SMILES string of the molecule is Cc1nn(CCc2ccccc2)c(N2CCCC2C(=O)O)c1S(=O)(=O)c1ccc(F)cc1Cl. The van der Waals surface area contributed by atoms with Crippen LogP contribution in [0.4, 0.5) is 10.2 Å². The lowest BCUT2D eigenvalue weighted by Gasteiger charge is -2.26. The third kappa shape index (κ3) is 4.47. The smallest absolute Gasteiger partial charge is 0.326 e. The lowest BCUT2D eigenvalue weighted by Crippen LogP contribution is -2.38. The van der Waals surface area contributed by atoms with E-state index in [1.165, 1.54) is 0 Å². The van der Waals surface area contributed by atoms with Crippen LogP contribution in [0.1, 0.15) is 24.1 Å². The first-order chi connectivity index (χ1) is 15.7. The van der Waals surface area contributed by atoms with Crippen LogP contribution in [0.3, 0.4) is 0 Å². The van der Waals surface area contributed by atoms with Crippen molar-refractivity contribution >= 4 is 33.2 Å². The van der Waals surface area contributed by atoms with Gasteiger partial charge in [0.05, 0.1) is 15.6 Å². The highest BCUT2D eigenvalue weighted by Gasteiger charge is 2.39. The molecule has 10 heteroatoms. The van der Waals surface area contributed by atoms with Gasteiger partial charge in [-0.05, 0) is 49.9 Å². The second-order valence-electron chi connectivity index (χ2n) is 7.96. The van der Waals surface area contributed by atoms with Gasteiger partial charge in [-0.1, -0.05) is 41.9 Å². The lowest BCUT2D eigenvalue weighted by atomic mass is 10.1. The minimum atomic E-state index is -4.21. The van der Waals surface area contributed by atoms with Crippen LogP contribution in [0, 0.1) is 12.7 Å². The Morgan fingerprint density at radius 1 is 1.24 bits per heavy atom. The number of benzene rings is 2. The maximum absolute atomic E-state index is 13.7. The summed E-state index contributed by atoms with van der Waals surface area (Å²) in [6.45, 7) is 2.31. The van der Waals surface area contributed by atoms with E-state index >= 15 is 0 Å². The molecule has 1 saturated heterocycles. The molecular weight excluding hydrogens is 469 g/mol. The maximum atomic E-state index is 13.7. The summed E-state index contributed by atoms with van der Waals surface area (Å²) >= 11 is 6.10. The van der Waals surface area contributed by atoms with Crippen molar-refractivity contribution in [3.63, 3.8) is 0 Å². The second kappa shape index (κ2) is 9.15. The molecule has 0 amide bonds. The fourth-order valence-electron chi connectivity index (χ4n) is 4.26. The molecule has 4 rings (SSSR count). The van der Waals surface area contributed by atoms with Crippen LogP contribution in [0.15, 0.2) is 58.3 Å². The van der Waals surface area contributed by atoms with E-state index in [-0.39, 0.29) is 26.3 Å². The molecule has 0 saturated carbocycles. The van der Waals surface area contributed by atoms with Crippen molar-refractivity contribution in [2.24, 2.45) is 0 Å². The number of carboxylic acids is 1. The number of sulfone groups is 1. The second-order valence-corrected chi connectivity index (χ2v) is 10.2. The fourth-order valence-corrected chi connectivity index (χ4v) is 6.41. The number of aryl methyl sites for hydroxylation is 3. The van der Waals surface area contributed by atoms with Gasteiger partial charge in [0.15, 0.2) is 0 Å². The molecule has 7 nitrogen and oxygen atoms in total. The van der Waals surface area contributed by atoms with Crippen molar-refractivity contribution < 1.29 is 22.7 Å². The predicted molar refractivity (Wildman–Crippen MR) is 122 cm³/mol. The van der Waals surface area contributed by atoms with Gasteiger partial charge >= 0.3 is 5.97 Å². The fraction of sp³-hybridized carbons (Fsp3) is 0.304. The topological polar surface area (TPSA) is 92.5 Å². The molecule has 0 spiro atoms. The molecule has 1 unspecified atom stereocenters. The zero-order valence-electron chi connectivity index (χ0n) is 17.9. The van der Waals surface area contributed by atoms with Gasteiger partial charge in [-0.3, -0.25) is 0 Å². The molecule has 1 N–H and O–H groups in total. The van der Waals surface area contributed by atoms with Crippen molar-refractivity contribution in [1.82, 2.24) is 9.78 Å². The van der Waals surface area contributed by atoms with E-state index in [1.54, 1.807) is 16.5 Å². The first-order valence-electron chi connectivity index (χ1n) is 10.5. The van der Waals surface area contributed by atoms with Crippen LogP contribution in [-0.2, 0) is 27.6 Å². The third-order valence-electron chi connectivity index (χ3n) is 5.76. The summed E-state index contributed by atoms with van der Waals surface area (Å²) in [6, 6.07) is 11.9. The summed E-state index contributed by atoms with van der Waals surface area (Å²) in [6.07, 6.45) is 1.59. The molecule has 1 aromatic heterocycles. The van der Waals surface area contributed by atoms with Gasteiger partial charge in [0.2, 0.25) is 9.84 Å². The van der Waals surface area contributed by atoms with Crippen molar-refractivity contribution in [3.8, 4) is 0 Å². The molecule has 1 aliphatic heterocycles. The molecule has 0 radical (unpaired) electrons. The molecule has 1 fully saturated rings. The average molecular weight is 492 g/mol. The van der Waals surface area contributed by atoms with Gasteiger partial charge in [0.25, 0.3) is 0 Å². The van der Waals surface area contributed by atoms with E-state index in [1.807, 2.05) is 30.3 Å². The highest BCUT2D eigenvalue weighted by Crippen LogP contribution is 2.39. The van der Waals surface area contributed by atoms with Crippen molar-refractivity contribution in [2.75, 3.05) is 11.4 Å². The average Bonchev–Trinajstić information content (AvgIpc) is 3.37. The summed E-state index contributed by atoms with van der Waals surface area (Å²) < 4.78 is 42.5. The summed E-state index contributed by atoms with van der Waals surface area (Å²) in [5.41, 5.74) is 1.27. The van der Waals surface area contributed by atoms with Gasteiger partial charge in [-0.25, -0.2) is 22.3 Å². The number of aromatic nitrogens is 2. The highest BCUT2D eigenvalue weighted by molar-refractivity contribution is 7.91. The monoisotopic (exact) mass is 491 g/mol. The Kier molecular flexibility index (Phi) is 6.45. The Balaban J connectivity index is 1.86. The van der Waals surface area contributed by atoms with Crippen LogP contribution in [-0.4, -0.2) is 41.9 Å². The lowest BCUT2D eigenvalue weighted by molar-refractivity contribution is -0.138. The molecule has 33 heavy (non-hydrogen) atoms. The summed E-state index contributed by atoms with van der Waals surface area (Å²) in [5, 5.41) is 14.0. The number of rotatable bonds is 7. The van der Waals surface area contributed by atoms with Gasteiger partial charge in [-0.15, -0.1) is 0 Å². The maximum Gasteiger partial charge on any atom is 0.326 e. The van der Waals surface area contributed by atoms with Crippen LogP contribution in [0.25, 0.3) is 0 Å². The number of nitrogens with zero attached hydrogens (tertiary/aromatic N) is 3. The molecule has 2 aromatic carbocycles. The van der Waals surface area contributed by atoms with E-state index in [0.717, 1.165) is 23.8 Å². The van der Waals surface area contributed by atoms with Gasteiger partial charge in [-0.2, -0.15) is 5.10 Å². The number of carboxylic acid groups (broad SMARTS) is 1. The number of aliphatic carboxylic acids is 1.